The number of aromatic hydroxyl groups is 1. The molecule has 1 fully saturated rings. The highest BCUT2D eigenvalue weighted by atomic mass is 35.5. The number of phenolic OH excluding ortho intramolecular Hbond substituents is 1. The molecule has 1 aromatic heterocycles. The zero-order valence-electron chi connectivity index (χ0n) is 14.1. The van der Waals surface area contributed by atoms with Crippen molar-refractivity contribution in [2.45, 2.75) is 25.4 Å². The van der Waals surface area contributed by atoms with Gasteiger partial charge >= 0.3 is 6.18 Å². The summed E-state index contributed by atoms with van der Waals surface area (Å²) >= 11 is 5.83. The summed E-state index contributed by atoms with van der Waals surface area (Å²) in [5.74, 6) is -0.852. The second kappa shape index (κ2) is 7.64. The van der Waals surface area contributed by atoms with Crippen LogP contribution in [0.25, 0.3) is 0 Å². The molecule has 1 heterocycles. The first-order valence-corrected chi connectivity index (χ1v) is 8.73. The number of carbonyl (C=O) groups is 1. The number of nitrogens with one attached hydrogen (secondary N) is 2. The minimum Gasteiger partial charge on any atom is -0.506 e. The monoisotopic (exact) mass is 399 g/mol. The van der Waals surface area contributed by atoms with Crippen LogP contribution in [0.2, 0.25) is 5.02 Å². The molecule has 0 spiro atoms. The van der Waals surface area contributed by atoms with Gasteiger partial charge in [-0.05, 0) is 43.0 Å². The molecule has 27 heavy (non-hydrogen) atoms. The maximum absolute atomic E-state index is 13.4. The largest absolute Gasteiger partial charge is 0.506 e. The fourth-order valence-corrected chi connectivity index (χ4v) is 2.89. The molecule has 1 aliphatic carbocycles. The summed E-state index contributed by atoms with van der Waals surface area (Å²) in [7, 11) is 0. The number of hydrogen-bond donors (Lipinski definition) is 3. The second-order valence-corrected chi connectivity index (χ2v) is 6.84. The number of anilines is 2. The zero-order chi connectivity index (χ0) is 19.6. The number of phenols is 1. The number of aromatic nitrogens is 1. The zero-order valence-corrected chi connectivity index (χ0v) is 14.9. The maximum Gasteiger partial charge on any atom is 0.417 e. The molecule has 2 aromatic rings. The van der Waals surface area contributed by atoms with E-state index in [1.165, 1.54) is 18.2 Å². The third-order valence-electron chi connectivity index (χ3n) is 4.45. The molecule has 0 atom stereocenters. The number of carbonyl (C=O) groups excluding carboxylic acids is 1. The van der Waals surface area contributed by atoms with E-state index in [4.69, 9.17) is 11.6 Å². The molecule has 1 amide bonds. The summed E-state index contributed by atoms with van der Waals surface area (Å²) in [6, 6.07) is 4.83. The van der Waals surface area contributed by atoms with Gasteiger partial charge in [-0.1, -0.05) is 18.0 Å². The van der Waals surface area contributed by atoms with Crippen molar-refractivity contribution in [2.75, 3.05) is 11.9 Å². The lowest BCUT2D eigenvalue weighted by molar-refractivity contribution is -0.137. The molecule has 0 bridgehead atoms. The molecule has 5 nitrogen and oxygen atoms in total. The van der Waals surface area contributed by atoms with Crippen LogP contribution in [-0.4, -0.2) is 22.5 Å². The van der Waals surface area contributed by atoms with E-state index in [1.807, 2.05) is 0 Å². The Kier molecular flexibility index (Phi) is 5.46. The molecule has 0 aliphatic heterocycles. The van der Waals surface area contributed by atoms with Gasteiger partial charge in [0.1, 0.15) is 11.6 Å². The molecular formula is C18H17ClF3N3O2. The van der Waals surface area contributed by atoms with E-state index >= 15 is 0 Å². The van der Waals surface area contributed by atoms with Crippen molar-refractivity contribution < 1.29 is 23.1 Å². The van der Waals surface area contributed by atoms with Gasteiger partial charge in [0.25, 0.3) is 5.91 Å². The van der Waals surface area contributed by atoms with Gasteiger partial charge in [-0.25, -0.2) is 4.98 Å². The lowest BCUT2D eigenvalue weighted by atomic mass is 9.85. The van der Waals surface area contributed by atoms with Crippen molar-refractivity contribution in [3.63, 3.8) is 0 Å². The van der Waals surface area contributed by atoms with E-state index in [1.54, 1.807) is 0 Å². The number of pyridine rings is 1. The van der Waals surface area contributed by atoms with E-state index in [9.17, 15) is 23.1 Å². The molecule has 0 saturated heterocycles. The Balaban J connectivity index is 1.85. The second-order valence-electron chi connectivity index (χ2n) is 6.41. The number of alkyl halides is 3. The van der Waals surface area contributed by atoms with Crippen LogP contribution >= 0.6 is 11.6 Å². The van der Waals surface area contributed by atoms with Crippen LogP contribution in [0, 0.1) is 5.92 Å². The first-order valence-electron chi connectivity index (χ1n) is 8.35. The van der Waals surface area contributed by atoms with Crippen molar-refractivity contribution in [1.29, 1.82) is 0 Å². The molecule has 1 aromatic carbocycles. The molecule has 0 unspecified atom stereocenters. The van der Waals surface area contributed by atoms with E-state index in [0.717, 1.165) is 31.5 Å². The van der Waals surface area contributed by atoms with Crippen LogP contribution in [-0.2, 0) is 6.18 Å². The third kappa shape index (κ3) is 4.63. The highest BCUT2D eigenvalue weighted by Gasteiger charge is 2.36. The SMILES string of the molecule is O=C(NCC1CCC1)c1cnc(Nc2cc(Cl)ccc2O)cc1C(F)(F)F. The average Bonchev–Trinajstić information content (AvgIpc) is 2.56. The molecule has 144 valence electrons. The summed E-state index contributed by atoms with van der Waals surface area (Å²) in [5, 5.41) is 15.2. The van der Waals surface area contributed by atoms with Crippen LogP contribution in [0.15, 0.2) is 30.5 Å². The smallest absolute Gasteiger partial charge is 0.417 e. The number of halogens is 4. The Hall–Kier alpha value is -2.48. The lowest BCUT2D eigenvalue weighted by Gasteiger charge is -2.25. The van der Waals surface area contributed by atoms with Crippen LogP contribution < -0.4 is 10.6 Å². The van der Waals surface area contributed by atoms with E-state index in [2.05, 4.69) is 15.6 Å². The van der Waals surface area contributed by atoms with Gasteiger partial charge in [0.05, 0.1) is 16.8 Å². The molecule has 3 N–H and O–H groups in total. The van der Waals surface area contributed by atoms with Crippen molar-refractivity contribution >= 4 is 29.0 Å². The van der Waals surface area contributed by atoms with Gasteiger partial charge in [-0.3, -0.25) is 4.79 Å². The number of nitrogens with zero attached hydrogens (tertiary/aromatic N) is 1. The third-order valence-corrected chi connectivity index (χ3v) is 4.69. The summed E-state index contributed by atoms with van der Waals surface area (Å²) < 4.78 is 40.3. The number of rotatable bonds is 5. The fraction of sp³-hybridized carbons (Fsp3) is 0.333. The summed E-state index contributed by atoms with van der Waals surface area (Å²) in [6.07, 6.45) is -0.846. The summed E-state index contributed by atoms with van der Waals surface area (Å²) in [6.45, 7) is 0.354. The van der Waals surface area contributed by atoms with E-state index in [0.29, 0.717) is 17.5 Å². The van der Waals surface area contributed by atoms with E-state index in [-0.39, 0.29) is 17.3 Å². The van der Waals surface area contributed by atoms with Gasteiger partial charge in [0.15, 0.2) is 0 Å². The molecule has 1 aliphatic rings. The van der Waals surface area contributed by atoms with Crippen molar-refractivity contribution in [1.82, 2.24) is 10.3 Å². The Morgan fingerprint density at radius 3 is 2.67 bits per heavy atom. The summed E-state index contributed by atoms with van der Waals surface area (Å²) in [5.41, 5.74) is -1.54. The number of amides is 1. The molecule has 1 saturated carbocycles. The predicted molar refractivity (Wildman–Crippen MR) is 95.3 cm³/mol. The summed E-state index contributed by atoms with van der Waals surface area (Å²) in [4.78, 5) is 16.1. The minimum atomic E-state index is -4.74. The van der Waals surface area contributed by atoms with Gasteiger partial charge in [0.2, 0.25) is 0 Å². The fourth-order valence-electron chi connectivity index (χ4n) is 2.71. The van der Waals surface area contributed by atoms with Gasteiger partial charge < -0.3 is 15.7 Å². The van der Waals surface area contributed by atoms with E-state index < -0.39 is 23.2 Å². The highest BCUT2D eigenvalue weighted by Crippen LogP contribution is 2.35. The van der Waals surface area contributed by atoms with Crippen LogP contribution in [0.4, 0.5) is 24.7 Å². The van der Waals surface area contributed by atoms with Crippen molar-refractivity contribution in [3.8, 4) is 5.75 Å². The highest BCUT2D eigenvalue weighted by molar-refractivity contribution is 6.31. The Labute approximate surface area is 158 Å². The first-order chi connectivity index (χ1) is 12.7. The van der Waals surface area contributed by atoms with Crippen molar-refractivity contribution in [3.05, 3.63) is 46.6 Å². The van der Waals surface area contributed by atoms with Crippen molar-refractivity contribution in [2.24, 2.45) is 5.92 Å². The Morgan fingerprint density at radius 1 is 1.30 bits per heavy atom. The average molecular weight is 400 g/mol. The quantitative estimate of drug-likeness (QED) is 0.635. The maximum atomic E-state index is 13.4. The number of benzene rings is 1. The lowest BCUT2D eigenvalue weighted by Crippen LogP contribution is -2.33. The van der Waals surface area contributed by atoms with Gasteiger partial charge in [-0.15, -0.1) is 0 Å². The Bertz CT molecular complexity index is 854. The standard InChI is InChI=1S/C18H17ClF3N3O2/c19-11-4-5-15(26)14(6-11)25-16-7-13(18(20,21)22)12(9-23-16)17(27)24-8-10-2-1-3-10/h4-7,9-10,26H,1-3,8H2,(H,23,25)(H,24,27). The topological polar surface area (TPSA) is 74.2 Å². The van der Waals surface area contributed by atoms with Crippen LogP contribution in [0.5, 0.6) is 5.75 Å². The first kappa shape index (κ1) is 19.3. The van der Waals surface area contributed by atoms with Gasteiger partial charge in [0, 0.05) is 17.8 Å². The van der Waals surface area contributed by atoms with Crippen LogP contribution in [0.3, 0.4) is 0 Å². The normalized spacial score (nSPS) is 14.5. The molecular weight excluding hydrogens is 383 g/mol. The minimum absolute atomic E-state index is 0.102. The predicted octanol–water partition coefficient (Wildman–Crippen LogP) is 4.73. The molecule has 0 radical (unpaired) electrons. The van der Waals surface area contributed by atoms with Gasteiger partial charge in [-0.2, -0.15) is 13.2 Å². The number of hydrogen-bond acceptors (Lipinski definition) is 4. The van der Waals surface area contributed by atoms with Crippen LogP contribution in [0.1, 0.15) is 35.2 Å². The molecule has 3 rings (SSSR count). The Morgan fingerprint density at radius 2 is 2.04 bits per heavy atom. The molecule has 9 heteroatoms.